The lowest BCUT2D eigenvalue weighted by Gasteiger charge is -2.12. The van der Waals surface area contributed by atoms with Crippen molar-refractivity contribution < 1.29 is 9.47 Å². The van der Waals surface area contributed by atoms with Crippen molar-refractivity contribution in [3.63, 3.8) is 0 Å². The fraction of sp³-hybridized carbons (Fsp3) is 0.357. The summed E-state index contributed by atoms with van der Waals surface area (Å²) in [5.41, 5.74) is 1.09. The Balaban J connectivity index is 2.10. The quantitative estimate of drug-likeness (QED) is 0.882. The van der Waals surface area contributed by atoms with Crippen LogP contribution >= 0.6 is 11.3 Å². The third-order valence-electron chi connectivity index (χ3n) is 2.67. The van der Waals surface area contributed by atoms with E-state index in [1.165, 1.54) is 0 Å². The van der Waals surface area contributed by atoms with Crippen molar-refractivity contribution in [2.45, 2.75) is 20.1 Å². The summed E-state index contributed by atoms with van der Waals surface area (Å²) >= 11 is 1.66. The Morgan fingerprint density at radius 2 is 2.21 bits per heavy atom. The molecule has 0 saturated carbocycles. The molecule has 1 heterocycles. The van der Waals surface area contributed by atoms with E-state index in [1.807, 2.05) is 38.4 Å². The zero-order valence-electron chi connectivity index (χ0n) is 11.4. The predicted octanol–water partition coefficient (Wildman–Crippen LogP) is 2.76. The van der Waals surface area contributed by atoms with Crippen LogP contribution in [-0.2, 0) is 13.2 Å². The minimum absolute atomic E-state index is 0.550. The molecule has 0 amide bonds. The molecule has 0 saturated heterocycles. The van der Waals surface area contributed by atoms with Crippen LogP contribution in [0.5, 0.6) is 11.5 Å². The van der Waals surface area contributed by atoms with Crippen molar-refractivity contribution in [3.8, 4) is 11.5 Å². The topological polar surface area (TPSA) is 43.4 Å². The number of rotatable bonds is 6. The van der Waals surface area contributed by atoms with Crippen LogP contribution in [0.1, 0.15) is 15.4 Å². The highest BCUT2D eigenvalue weighted by atomic mass is 32.1. The molecule has 0 unspecified atom stereocenters. The highest BCUT2D eigenvalue weighted by molar-refractivity contribution is 7.11. The van der Waals surface area contributed by atoms with Crippen LogP contribution < -0.4 is 14.8 Å². The van der Waals surface area contributed by atoms with Gasteiger partial charge in [-0.05, 0) is 32.2 Å². The molecule has 2 rings (SSSR count). The summed E-state index contributed by atoms with van der Waals surface area (Å²) in [5, 5.41) is 4.19. The van der Waals surface area contributed by atoms with E-state index >= 15 is 0 Å². The first kappa shape index (κ1) is 13.8. The molecule has 0 aliphatic heterocycles. The predicted molar refractivity (Wildman–Crippen MR) is 76.9 cm³/mol. The monoisotopic (exact) mass is 278 g/mol. The fourth-order valence-corrected chi connectivity index (χ4v) is 2.48. The SMILES string of the molecule is CNCc1cc(OC)ccc1OCc1cnc(C)s1. The van der Waals surface area contributed by atoms with Crippen LogP contribution in [0.2, 0.25) is 0 Å². The van der Waals surface area contributed by atoms with E-state index in [0.717, 1.165) is 33.5 Å². The molecule has 5 heteroatoms. The van der Waals surface area contributed by atoms with Crippen molar-refractivity contribution in [1.29, 1.82) is 0 Å². The van der Waals surface area contributed by atoms with Crippen molar-refractivity contribution in [1.82, 2.24) is 10.3 Å². The number of methoxy groups -OCH3 is 1. The number of aryl methyl sites for hydroxylation is 1. The molecule has 1 aromatic heterocycles. The first-order chi connectivity index (χ1) is 9.22. The maximum absolute atomic E-state index is 5.86. The van der Waals surface area contributed by atoms with Crippen molar-refractivity contribution in [2.75, 3.05) is 14.2 Å². The second-order valence-electron chi connectivity index (χ2n) is 4.14. The Kier molecular flexibility index (Phi) is 4.76. The van der Waals surface area contributed by atoms with E-state index < -0.39 is 0 Å². The number of thiazole rings is 1. The lowest BCUT2D eigenvalue weighted by molar-refractivity contribution is 0.304. The van der Waals surface area contributed by atoms with Gasteiger partial charge in [0.2, 0.25) is 0 Å². The van der Waals surface area contributed by atoms with Crippen molar-refractivity contribution in [3.05, 3.63) is 39.8 Å². The Morgan fingerprint density at radius 3 is 2.84 bits per heavy atom. The molecule has 0 radical (unpaired) electrons. The molecule has 102 valence electrons. The molecule has 1 aromatic carbocycles. The zero-order chi connectivity index (χ0) is 13.7. The van der Waals surface area contributed by atoms with Gasteiger partial charge in [-0.1, -0.05) is 0 Å². The lowest BCUT2D eigenvalue weighted by Crippen LogP contribution is -2.07. The van der Waals surface area contributed by atoms with Crippen LogP contribution in [0, 0.1) is 6.92 Å². The van der Waals surface area contributed by atoms with Gasteiger partial charge in [0.1, 0.15) is 18.1 Å². The van der Waals surface area contributed by atoms with Crippen molar-refractivity contribution >= 4 is 11.3 Å². The molecule has 0 bridgehead atoms. The summed E-state index contributed by atoms with van der Waals surface area (Å²) in [6.45, 7) is 3.29. The van der Waals surface area contributed by atoms with E-state index in [2.05, 4.69) is 10.3 Å². The molecule has 19 heavy (non-hydrogen) atoms. The van der Waals surface area contributed by atoms with Gasteiger partial charge >= 0.3 is 0 Å². The van der Waals surface area contributed by atoms with Crippen LogP contribution in [-0.4, -0.2) is 19.1 Å². The van der Waals surface area contributed by atoms with E-state index in [1.54, 1.807) is 18.4 Å². The summed E-state index contributed by atoms with van der Waals surface area (Å²) < 4.78 is 11.1. The minimum atomic E-state index is 0.550. The molecule has 0 aliphatic carbocycles. The smallest absolute Gasteiger partial charge is 0.124 e. The Morgan fingerprint density at radius 1 is 1.37 bits per heavy atom. The van der Waals surface area contributed by atoms with E-state index in [-0.39, 0.29) is 0 Å². The number of nitrogens with zero attached hydrogens (tertiary/aromatic N) is 1. The average molecular weight is 278 g/mol. The second kappa shape index (κ2) is 6.54. The van der Waals surface area contributed by atoms with Gasteiger partial charge in [-0.25, -0.2) is 4.98 Å². The van der Waals surface area contributed by atoms with Gasteiger partial charge in [-0.3, -0.25) is 0 Å². The normalized spacial score (nSPS) is 10.5. The Hall–Kier alpha value is -1.59. The van der Waals surface area contributed by atoms with Gasteiger partial charge in [-0.15, -0.1) is 11.3 Å². The van der Waals surface area contributed by atoms with Crippen molar-refractivity contribution in [2.24, 2.45) is 0 Å². The zero-order valence-corrected chi connectivity index (χ0v) is 12.2. The standard InChI is InChI=1S/C14H18N2O2S/c1-10-16-8-13(19-10)9-18-14-5-4-12(17-3)6-11(14)7-15-2/h4-6,8,15H,7,9H2,1-3H3. The Bertz CT molecular complexity index is 540. The maximum atomic E-state index is 5.86. The van der Waals surface area contributed by atoms with Gasteiger partial charge in [0, 0.05) is 18.3 Å². The van der Waals surface area contributed by atoms with Gasteiger partial charge in [-0.2, -0.15) is 0 Å². The van der Waals surface area contributed by atoms with Gasteiger partial charge in [0.05, 0.1) is 17.0 Å². The highest BCUT2D eigenvalue weighted by Crippen LogP contribution is 2.25. The molecular weight excluding hydrogens is 260 g/mol. The Labute approximate surface area is 117 Å². The lowest BCUT2D eigenvalue weighted by atomic mass is 10.2. The number of nitrogens with one attached hydrogen (secondary N) is 1. The summed E-state index contributed by atoms with van der Waals surface area (Å²) in [6.07, 6.45) is 1.86. The first-order valence-electron chi connectivity index (χ1n) is 6.08. The third-order valence-corrected chi connectivity index (χ3v) is 3.56. The molecule has 1 N–H and O–H groups in total. The number of hydrogen-bond donors (Lipinski definition) is 1. The average Bonchev–Trinajstić information content (AvgIpc) is 2.83. The molecule has 0 atom stereocenters. The molecule has 0 aliphatic rings. The van der Waals surface area contributed by atoms with Crippen LogP contribution in [0.4, 0.5) is 0 Å². The van der Waals surface area contributed by atoms with Crippen LogP contribution in [0.25, 0.3) is 0 Å². The molecule has 0 spiro atoms. The second-order valence-corrected chi connectivity index (χ2v) is 5.46. The third kappa shape index (κ3) is 3.68. The number of hydrogen-bond acceptors (Lipinski definition) is 5. The molecule has 4 nitrogen and oxygen atoms in total. The van der Waals surface area contributed by atoms with Crippen LogP contribution in [0.3, 0.4) is 0 Å². The summed E-state index contributed by atoms with van der Waals surface area (Å²) in [7, 11) is 3.58. The first-order valence-corrected chi connectivity index (χ1v) is 6.90. The number of aromatic nitrogens is 1. The maximum Gasteiger partial charge on any atom is 0.124 e. The van der Waals surface area contributed by atoms with E-state index in [9.17, 15) is 0 Å². The number of ether oxygens (including phenoxy) is 2. The van der Waals surface area contributed by atoms with Gasteiger partial charge in [0.15, 0.2) is 0 Å². The minimum Gasteiger partial charge on any atom is -0.497 e. The van der Waals surface area contributed by atoms with Crippen LogP contribution in [0.15, 0.2) is 24.4 Å². The van der Waals surface area contributed by atoms with E-state index in [4.69, 9.17) is 9.47 Å². The molecule has 0 fully saturated rings. The number of benzene rings is 1. The summed E-state index contributed by atoms with van der Waals surface area (Å²) in [6, 6.07) is 5.84. The molecular formula is C14H18N2O2S. The highest BCUT2D eigenvalue weighted by Gasteiger charge is 2.06. The van der Waals surface area contributed by atoms with Gasteiger partial charge in [0.25, 0.3) is 0 Å². The van der Waals surface area contributed by atoms with E-state index in [0.29, 0.717) is 6.61 Å². The summed E-state index contributed by atoms with van der Waals surface area (Å²) in [4.78, 5) is 5.35. The molecule has 2 aromatic rings. The fourth-order valence-electron chi connectivity index (χ4n) is 1.77. The summed E-state index contributed by atoms with van der Waals surface area (Å²) in [5.74, 6) is 1.72. The van der Waals surface area contributed by atoms with Gasteiger partial charge < -0.3 is 14.8 Å². The largest absolute Gasteiger partial charge is 0.497 e.